The molecular formula is C12H12F3N3O. The second-order valence-electron chi connectivity index (χ2n) is 4.44. The zero-order valence-electron chi connectivity index (χ0n) is 10.1. The van der Waals surface area contributed by atoms with Gasteiger partial charge in [-0.2, -0.15) is 18.3 Å². The number of hydrogen-bond donors (Lipinski definition) is 1. The van der Waals surface area contributed by atoms with Gasteiger partial charge in [0.15, 0.2) is 5.60 Å². The third-order valence-electron chi connectivity index (χ3n) is 2.71. The van der Waals surface area contributed by atoms with Gasteiger partial charge in [0, 0.05) is 29.7 Å². The van der Waals surface area contributed by atoms with Crippen LogP contribution in [0.3, 0.4) is 0 Å². The van der Waals surface area contributed by atoms with Gasteiger partial charge >= 0.3 is 6.18 Å². The van der Waals surface area contributed by atoms with E-state index in [1.54, 1.807) is 24.5 Å². The molecule has 0 radical (unpaired) electrons. The monoisotopic (exact) mass is 271 g/mol. The molecule has 19 heavy (non-hydrogen) atoms. The van der Waals surface area contributed by atoms with Gasteiger partial charge in [0.05, 0.1) is 12.7 Å². The number of nitrogens with zero attached hydrogens (tertiary/aromatic N) is 3. The van der Waals surface area contributed by atoms with Crippen molar-refractivity contribution < 1.29 is 18.3 Å². The lowest BCUT2D eigenvalue weighted by molar-refractivity contribution is -0.258. The number of halogens is 3. The van der Waals surface area contributed by atoms with Crippen LogP contribution >= 0.6 is 0 Å². The molecular weight excluding hydrogens is 259 g/mol. The minimum absolute atomic E-state index is 0.645. The highest BCUT2D eigenvalue weighted by Crippen LogP contribution is 2.31. The lowest BCUT2D eigenvalue weighted by Gasteiger charge is -2.25. The van der Waals surface area contributed by atoms with Gasteiger partial charge < -0.3 is 5.11 Å². The molecule has 1 unspecified atom stereocenters. The predicted molar refractivity (Wildman–Crippen MR) is 62.1 cm³/mol. The van der Waals surface area contributed by atoms with Crippen molar-refractivity contribution in [3.05, 3.63) is 36.9 Å². The Labute approximate surface area is 107 Å². The molecule has 0 aliphatic carbocycles. The van der Waals surface area contributed by atoms with Crippen molar-refractivity contribution in [3.8, 4) is 11.1 Å². The van der Waals surface area contributed by atoms with E-state index < -0.39 is 18.3 Å². The highest BCUT2D eigenvalue weighted by atomic mass is 19.4. The van der Waals surface area contributed by atoms with Gasteiger partial charge in [0.1, 0.15) is 0 Å². The molecule has 0 aliphatic rings. The predicted octanol–water partition coefficient (Wildman–Crippen LogP) is 2.26. The third-order valence-corrected chi connectivity index (χ3v) is 2.71. The van der Waals surface area contributed by atoms with Crippen molar-refractivity contribution in [2.45, 2.75) is 25.2 Å². The summed E-state index contributed by atoms with van der Waals surface area (Å²) in [5.41, 5.74) is -1.42. The Morgan fingerprint density at radius 3 is 2.58 bits per heavy atom. The first-order valence-corrected chi connectivity index (χ1v) is 5.51. The Morgan fingerprint density at radius 1 is 1.26 bits per heavy atom. The maximum absolute atomic E-state index is 12.5. The van der Waals surface area contributed by atoms with Crippen molar-refractivity contribution in [2.24, 2.45) is 0 Å². The van der Waals surface area contributed by atoms with Crippen LogP contribution in [0.4, 0.5) is 13.2 Å². The first kappa shape index (κ1) is 13.5. The zero-order chi connectivity index (χ0) is 14.1. The molecule has 0 saturated carbocycles. The summed E-state index contributed by atoms with van der Waals surface area (Å²) in [7, 11) is 0. The van der Waals surface area contributed by atoms with Crippen molar-refractivity contribution >= 4 is 0 Å². The molecule has 2 rings (SSSR count). The largest absolute Gasteiger partial charge is 0.418 e. The summed E-state index contributed by atoms with van der Waals surface area (Å²) in [6.45, 7) is 0.0647. The van der Waals surface area contributed by atoms with Crippen molar-refractivity contribution in [1.29, 1.82) is 0 Å². The number of hydrogen-bond acceptors (Lipinski definition) is 3. The normalized spacial score (nSPS) is 15.2. The van der Waals surface area contributed by atoms with E-state index in [0.717, 1.165) is 17.2 Å². The van der Waals surface area contributed by atoms with E-state index in [0.29, 0.717) is 5.56 Å². The summed E-state index contributed by atoms with van der Waals surface area (Å²) >= 11 is 0. The van der Waals surface area contributed by atoms with Crippen LogP contribution in [-0.4, -0.2) is 31.6 Å². The lowest BCUT2D eigenvalue weighted by Crippen LogP contribution is -2.45. The lowest BCUT2D eigenvalue weighted by atomic mass is 10.1. The van der Waals surface area contributed by atoms with Gasteiger partial charge in [-0.25, -0.2) is 0 Å². The number of aliphatic hydroxyl groups is 1. The maximum Gasteiger partial charge on any atom is 0.418 e. The molecule has 0 saturated heterocycles. The van der Waals surface area contributed by atoms with Crippen molar-refractivity contribution in [3.63, 3.8) is 0 Å². The summed E-state index contributed by atoms with van der Waals surface area (Å²) in [6.07, 6.45) is 1.36. The molecule has 1 atom stereocenters. The Balaban J connectivity index is 2.19. The van der Waals surface area contributed by atoms with Crippen LogP contribution < -0.4 is 0 Å². The minimum Gasteiger partial charge on any atom is -0.379 e. The molecule has 0 aliphatic heterocycles. The molecule has 2 aromatic rings. The molecule has 0 aromatic carbocycles. The summed E-state index contributed by atoms with van der Waals surface area (Å²) in [5.74, 6) is 0. The van der Waals surface area contributed by atoms with E-state index >= 15 is 0 Å². The fourth-order valence-corrected chi connectivity index (χ4v) is 1.54. The minimum atomic E-state index is -4.70. The number of pyridine rings is 1. The Hall–Kier alpha value is -1.89. The molecule has 0 amide bonds. The van der Waals surface area contributed by atoms with Gasteiger partial charge in [-0.15, -0.1) is 0 Å². The first-order valence-electron chi connectivity index (χ1n) is 5.51. The van der Waals surface area contributed by atoms with E-state index in [2.05, 4.69) is 10.1 Å². The van der Waals surface area contributed by atoms with Crippen LogP contribution in [-0.2, 0) is 6.54 Å². The van der Waals surface area contributed by atoms with Gasteiger partial charge in [0.25, 0.3) is 0 Å². The highest BCUT2D eigenvalue weighted by molar-refractivity contribution is 5.60. The van der Waals surface area contributed by atoms with E-state index in [1.165, 1.54) is 12.4 Å². The fourth-order valence-electron chi connectivity index (χ4n) is 1.54. The SMILES string of the molecule is CC(O)(Cn1cc(-c2cccnc2)cn1)C(F)(F)F. The van der Waals surface area contributed by atoms with Gasteiger partial charge in [0.2, 0.25) is 0 Å². The van der Waals surface area contributed by atoms with Crippen LogP contribution in [0.1, 0.15) is 6.92 Å². The molecule has 0 bridgehead atoms. The highest BCUT2D eigenvalue weighted by Gasteiger charge is 2.50. The third kappa shape index (κ3) is 2.93. The van der Waals surface area contributed by atoms with Crippen molar-refractivity contribution in [1.82, 2.24) is 14.8 Å². The first-order chi connectivity index (χ1) is 8.79. The second kappa shape index (κ2) is 4.65. The molecule has 0 spiro atoms. The number of alkyl halides is 3. The molecule has 4 nitrogen and oxygen atoms in total. The summed E-state index contributed by atoms with van der Waals surface area (Å²) in [5, 5.41) is 13.2. The van der Waals surface area contributed by atoms with Crippen molar-refractivity contribution in [2.75, 3.05) is 0 Å². The van der Waals surface area contributed by atoms with Crippen LogP contribution in [0.5, 0.6) is 0 Å². The number of aromatic nitrogens is 3. The molecule has 102 valence electrons. The van der Waals surface area contributed by atoms with Crippen LogP contribution in [0.15, 0.2) is 36.9 Å². The summed E-state index contributed by atoms with van der Waals surface area (Å²) < 4.78 is 38.7. The summed E-state index contributed by atoms with van der Waals surface area (Å²) in [4.78, 5) is 3.92. The van der Waals surface area contributed by atoms with Gasteiger partial charge in [-0.05, 0) is 13.0 Å². The Kier molecular flexibility index (Phi) is 3.32. The Bertz CT molecular complexity index is 549. The molecule has 1 N–H and O–H groups in total. The average Bonchev–Trinajstić information content (AvgIpc) is 2.76. The topological polar surface area (TPSA) is 50.9 Å². The molecule has 7 heteroatoms. The van der Waals surface area contributed by atoms with Crippen LogP contribution in [0, 0.1) is 0 Å². The van der Waals surface area contributed by atoms with E-state index in [-0.39, 0.29) is 0 Å². The maximum atomic E-state index is 12.5. The average molecular weight is 271 g/mol. The van der Waals surface area contributed by atoms with E-state index in [1.807, 2.05) is 0 Å². The van der Waals surface area contributed by atoms with Crippen LogP contribution in [0.2, 0.25) is 0 Å². The second-order valence-corrected chi connectivity index (χ2v) is 4.44. The zero-order valence-corrected chi connectivity index (χ0v) is 10.1. The fraction of sp³-hybridized carbons (Fsp3) is 0.333. The molecule has 2 aromatic heterocycles. The Morgan fingerprint density at radius 2 is 2.00 bits per heavy atom. The standard InChI is InChI=1S/C12H12F3N3O/c1-11(19,12(13,14)15)8-18-7-10(6-17-18)9-3-2-4-16-5-9/h2-7,19H,8H2,1H3. The molecule has 0 fully saturated rings. The number of rotatable bonds is 3. The molecule has 2 heterocycles. The van der Waals surface area contributed by atoms with Gasteiger partial charge in [-0.3, -0.25) is 9.67 Å². The van der Waals surface area contributed by atoms with Gasteiger partial charge in [-0.1, -0.05) is 6.07 Å². The smallest absolute Gasteiger partial charge is 0.379 e. The van der Waals surface area contributed by atoms with E-state index in [9.17, 15) is 18.3 Å². The van der Waals surface area contributed by atoms with Crippen LogP contribution in [0.25, 0.3) is 11.1 Å². The summed E-state index contributed by atoms with van der Waals surface area (Å²) in [6, 6.07) is 3.49. The van der Waals surface area contributed by atoms with E-state index in [4.69, 9.17) is 0 Å². The quantitative estimate of drug-likeness (QED) is 0.931.